The second kappa shape index (κ2) is 6.18. The van der Waals surface area contributed by atoms with E-state index in [2.05, 4.69) is 20.2 Å². The van der Waals surface area contributed by atoms with Gasteiger partial charge in [0.2, 0.25) is 0 Å². The van der Waals surface area contributed by atoms with Gasteiger partial charge in [-0.1, -0.05) is 0 Å². The fraction of sp³-hybridized carbons (Fsp3) is 0.583. The van der Waals surface area contributed by atoms with E-state index in [9.17, 15) is 4.79 Å². The minimum Gasteiger partial charge on any atom is -0.481 e. The molecule has 98 valence electrons. The average Bonchev–Trinajstić information content (AvgIpc) is 2.40. The molecule has 0 radical (unpaired) electrons. The van der Waals surface area contributed by atoms with E-state index < -0.39 is 5.97 Å². The first-order valence-electron chi connectivity index (χ1n) is 6.29. The highest BCUT2D eigenvalue weighted by molar-refractivity contribution is 5.68. The molecule has 2 rings (SSSR count). The largest absolute Gasteiger partial charge is 0.481 e. The molecule has 6 heteroatoms. The van der Waals surface area contributed by atoms with Crippen molar-refractivity contribution in [2.24, 2.45) is 0 Å². The van der Waals surface area contributed by atoms with Crippen LogP contribution in [0, 0.1) is 0 Å². The number of carboxylic acids is 1. The molecule has 0 bridgehead atoms. The third kappa shape index (κ3) is 3.32. The first-order valence-corrected chi connectivity index (χ1v) is 6.29. The van der Waals surface area contributed by atoms with Gasteiger partial charge in [0.25, 0.3) is 0 Å². The molecule has 0 spiro atoms. The Morgan fingerprint density at radius 3 is 2.72 bits per heavy atom. The van der Waals surface area contributed by atoms with Crippen LogP contribution in [0.3, 0.4) is 0 Å². The van der Waals surface area contributed by atoms with E-state index in [1.54, 1.807) is 12.4 Å². The van der Waals surface area contributed by atoms with Crippen molar-refractivity contribution < 1.29 is 9.90 Å². The minimum absolute atomic E-state index is 0.0794. The molecule has 0 aromatic carbocycles. The van der Waals surface area contributed by atoms with Crippen molar-refractivity contribution in [3.8, 4) is 0 Å². The van der Waals surface area contributed by atoms with Crippen LogP contribution in [0.5, 0.6) is 0 Å². The molecule has 2 N–H and O–H groups in total. The molecule has 1 aromatic rings. The van der Waals surface area contributed by atoms with Crippen molar-refractivity contribution in [3.05, 3.63) is 12.4 Å². The van der Waals surface area contributed by atoms with Crippen molar-refractivity contribution in [1.29, 1.82) is 0 Å². The van der Waals surface area contributed by atoms with Crippen molar-refractivity contribution in [2.45, 2.75) is 25.7 Å². The Labute approximate surface area is 106 Å². The number of anilines is 2. The van der Waals surface area contributed by atoms with Crippen molar-refractivity contribution in [2.75, 3.05) is 29.9 Å². The zero-order chi connectivity index (χ0) is 12.8. The lowest BCUT2D eigenvalue weighted by atomic mass is 10.1. The van der Waals surface area contributed by atoms with Crippen LogP contribution in [0.4, 0.5) is 11.6 Å². The molecule has 1 fully saturated rings. The predicted molar refractivity (Wildman–Crippen MR) is 68.8 cm³/mol. The summed E-state index contributed by atoms with van der Waals surface area (Å²) in [6.45, 7) is 2.35. The maximum atomic E-state index is 10.5. The molecule has 0 unspecified atom stereocenters. The van der Waals surface area contributed by atoms with Crippen LogP contribution in [0.25, 0.3) is 0 Å². The quantitative estimate of drug-likeness (QED) is 0.821. The molecular weight excluding hydrogens is 232 g/mol. The van der Waals surface area contributed by atoms with Gasteiger partial charge >= 0.3 is 5.97 Å². The number of rotatable bonds is 5. The molecule has 0 saturated carbocycles. The summed E-state index contributed by atoms with van der Waals surface area (Å²) in [5.41, 5.74) is 0. The lowest BCUT2D eigenvalue weighted by molar-refractivity contribution is -0.136. The highest BCUT2D eigenvalue weighted by atomic mass is 16.4. The number of aliphatic carboxylic acids is 1. The number of aromatic nitrogens is 2. The summed E-state index contributed by atoms with van der Waals surface area (Å²) in [4.78, 5) is 21.3. The van der Waals surface area contributed by atoms with E-state index in [0.717, 1.165) is 18.9 Å². The fourth-order valence-corrected chi connectivity index (χ4v) is 2.08. The Hall–Kier alpha value is -1.85. The molecule has 2 heterocycles. The van der Waals surface area contributed by atoms with Crippen molar-refractivity contribution in [1.82, 2.24) is 9.97 Å². The van der Waals surface area contributed by atoms with Crippen LogP contribution in [-0.2, 0) is 4.79 Å². The number of hydrogen-bond acceptors (Lipinski definition) is 5. The Morgan fingerprint density at radius 1 is 1.28 bits per heavy atom. The maximum Gasteiger partial charge on any atom is 0.305 e. The highest BCUT2D eigenvalue weighted by Gasteiger charge is 2.16. The molecule has 1 aliphatic rings. The van der Waals surface area contributed by atoms with Gasteiger partial charge in [0.05, 0.1) is 6.42 Å². The van der Waals surface area contributed by atoms with Crippen LogP contribution >= 0.6 is 0 Å². The van der Waals surface area contributed by atoms with E-state index in [1.807, 2.05) is 0 Å². The molecule has 0 atom stereocenters. The Balaban J connectivity index is 2.02. The molecule has 0 aliphatic carbocycles. The zero-order valence-corrected chi connectivity index (χ0v) is 10.3. The summed E-state index contributed by atoms with van der Waals surface area (Å²) in [5, 5.41) is 11.7. The van der Waals surface area contributed by atoms with Crippen LogP contribution in [-0.4, -0.2) is 40.7 Å². The molecule has 1 aliphatic heterocycles. The van der Waals surface area contributed by atoms with Gasteiger partial charge in [-0.15, -0.1) is 0 Å². The molecular formula is C12H18N4O2. The second-order valence-corrected chi connectivity index (χ2v) is 4.35. The summed E-state index contributed by atoms with van der Waals surface area (Å²) in [5.74, 6) is 0.703. The van der Waals surface area contributed by atoms with Gasteiger partial charge in [0.15, 0.2) is 11.6 Å². The van der Waals surface area contributed by atoms with Crippen LogP contribution in [0.1, 0.15) is 25.7 Å². The third-order valence-corrected chi connectivity index (χ3v) is 2.97. The van der Waals surface area contributed by atoms with Crippen LogP contribution in [0.2, 0.25) is 0 Å². The van der Waals surface area contributed by atoms with E-state index >= 15 is 0 Å². The summed E-state index contributed by atoms with van der Waals surface area (Å²) in [7, 11) is 0. The average molecular weight is 250 g/mol. The smallest absolute Gasteiger partial charge is 0.305 e. The van der Waals surface area contributed by atoms with Crippen molar-refractivity contribution >= 4 is 17.6 Å². The first kappa shape index (κ1) is 12.6. The number of carboxylic acid groups (broad SMARTS) is 1. The van der Waals surface area contributed by atoms with Crippen LogP contribution in [0.15, 0.2) is 12.4 Å². The van der Waals surface area contributed by atoms with Gasteiger partial charge < -0.3 is 15.3 Å². The Kier molecular flexibility index (Phi) is 4.33. The summed E-state index contributed by atoms with van der Waals surface area (Å²) in [6.07, 6.45) is 6.98. The standard InChI is InChI=1S/C12H18N4O2/c17-10(18)4-5-13-11-12(15-7-6-14-11)16-8-2-1-3-9-16/h6-7H,1-5,8-9H2,(H,13,14)(H,17,18). The maximum absolute atomic E-state index is 10.5. The molecule has 0 amide bonds. The molecule has 18 heavy (non-hydrogen) atoms. The predicted octanol–water partition coefficient (Wildman–Crippen LogP) is 1.35. The van der Waals surface area contributed by atoms with Gasteiger partial charge in [-0.2, -0.15) is 0 Å². The van der Waals surface area contributed by atoms with E-state index in [0.29, 0.717) is 12.4 Å². The lowest BCUT2D eigenvalue weighted by Gasteiger charge is -2.28. The minimum atomic E-state index is -0.814. The third-order valence-electron chi connectivity index (χ3n) is 2.97. The number of piperidine rings is 1. The summed E-state index contributed by atoms with van der Waals surface area (Å²) >= 11 is 0. The van der Waals surface area contributed by atoms with Gasteiger partial charge in [0.1, 0.15) is 0 Å². The van der Waals surface area contributed by atoms with Crippen molar-refractivity contribution in [3.63, 3.8) is 0 Å². The Bertz CT molecular complexity index is 405. The second-order valence-electron chi connectivity index (χ2n) is 4.35. The van der Waals surface area contributed by atoms with E-state index in [4.69, 9.17) is 5.11 Å². The molecule has 6 nitrogen and oxygen atoms in total. The highest BCUT2D eigenvalue weighted by Crippen LogP contribution is 2.23. The Morgan fingerprint density at radius 2 is 2.00 bits per heavy atom. The van der Waals surface area contributed by atoms with Crippen LogP contribution < -0.4 is 10.2 Å². The van der Waals surface area contributed by atoms with E-state index in [1.165, 1.54) is 19.3 Å². The molecule has 1 aromatic heterocycles. The topological polar surface area (TPSA) is 78.3 Å². The first-order chi connectivity index (χ1) is 8.77. The number of hydrogen-bond donors (Lipinski definition) is 2. The summed E-state index contributed by atoms with van der Waals surface area (Å²) in [6, 6.07) is 0. The van der Waals surface area contributed by atoms with Gasteiger partial charge in [-0.3, -0.25) is 4.79 Å². The monoisotopic (exact) mass is 250 g/mol. The number of nitrogens with one attached hydrogen (secondary N) is 1. The summed E-state index contributed by atoms with van der Waals surface area (Å²) < 4.78 is 0. The molecule has 1 saturated heterocycles. The van der Waals surface area contributed by atoms with Gasteiger partial charge in [-0.05, 0) is 19.3 Å². The van der Waals surface area contributed by atoms with E-state index in [-0.39, 0.29) is 6.42 Å². The lowest BCUT2D eigenvalue weighted by Crippen LogP contribution is -2.31. The zero-order valence-electron chi connectivity index (χ0n) is 10.3. The SMILES string of the molecule is O=C(O)CCNc1nccnc1N1CCCCC1. The van der Waals surface area contributed by atoms with Gasteiger partial charge in [0, 0.05) is 32.0 Å². The normalized spacial score (nSPS) is 15.4. The number of carbonyl (C=O) groups is 1. The fourth-order valence-electron chi connectivity index (χ4n) is 2.08. The van der Waals surface area contributed by atoms with Gasteiger partial charge in [-0.25, -0.2) is 9.97 Å². The number of nitrogens with zero attached hydrogens (tertiary/aromatic N) is 3.